The van der Waals surface area contributed by atoms with Crippen LogP contribution in [0.5, 0.6) is 0 Å². The summed E-state index contributed by atoms with van der Waals surface area (Å²) in [5.74, 6) is -1.93. The highest BCUT2D eigenvalue weighted by Gasteiger charge is 2.18. The molecule has 0 fully saturated rings. The van der Waals surface area contributed by atoms with Crippen LogP contribution in [0.2, 0.25) is 0 Å². The molecule has 0 aromatic heterocycles. The lowest BCUT2D eigenvalue weighted by molar-refractivity contribution is -0.137. The minimum absolute atomic E-state index is 0.402. The zero-order valence-corrected chi connectivity index (χ0v) is 10.7. The SMILES string of the molecule is NC(=O)CN(CC(=O)O)C(=O)NCCC1=CCCC1. The van der Waals surface area contributed by atoms with Gasteiger partial charge in [-0.2, -0.15) is 0 Å². The lowest BCUT2D eigenvalue weighted by Gasteiger charge is -2.19. The number of nitrogens with one attached hydrogen (secondary N) is 1. The number of hydrogen-bond acceptors (Lipinski definition) is 3. The summed E-state index contributed by atoms with van der Waals surface area (Å²) in [7, 11) is 0. The first kappa shape index (κ1) is 15.0. The molecule has 0 saturated heterocycles. The van der Waals surface area contributed by atoms with Crippen molar-refractivity contribution in [3.05, 3.63) is 11.6 Å². The molecule has 7 nitrogen and oxygen atoms in total. The van der Waals surface area contributed by atoms with Gasteiger partial charge in [-0.15, -0.1) is 0 Å². The molecule has 0 heterocycles. The average Bonchev–Trinajstić information content (AvgIpc) is 2.79. The van der Waals surface area contributed by atoms with Crippen molar-refractivity contribution in [1.82, 2.24) is 10.2 Å². The van der Waals surface area contributed by atoms with E-state index in [4.69, 9.17) is 10.8 Å². The summed E-state index contributed by atoms with van der Waals surface area (Å²) >= 11 is 0. The normalized spacial score (nSPS) is 13.8. The standard InChI is InChI=1S/C12H19N3O4/c13-10(16)7-15(8-11(17)18)12(19)14-6-5-9-3-1-2-4-9/h3H,1-2,4-8H2,(H2,13,16)(H,14,19)(H,17,18). The van der Waals surface area contributed by atoms with Crippen LogP contribution in [0.3, 0.4) is 0 Å². The van der Waals surface area contributed by atoms with E-state index in [1.807, 2.05) is 0 Å². The molecule has 0 unspecified atom stereocenters. The molecule has 7 heteroatoms. The number of rotatable bonds is 7. The van der Waals surface area contributed by atoms with Crippen molar-refractivity contribution < 1.29 is 19.5 Å². The average molecular weight is 269 g/mol. The van der Waals surface area contributed by atoms with Crippen molar-refractivity contribution in [1.29, 1.82) is 0 Å². The number of nitrogens with two attached hydrogens (primary N) is 1. The molecule has 0 bridgehead atoms. The van der Waals surface area contributed by atoms with Crippen molar-refractivity contribution in [2.45, 2.75) is 25.7 Å². The van der Waals surface area contributed by atoms with Gasteiger partial charge in [-0.05, 0) is 25.7 Å². The zero-order valence-electron chi connectivity index (χ0n) is 10.7. The molecule has 19 heavy (non-hydrogen) atoms. The Balaban J connectivity index is 2.37. The van der Waals surface area contributed by atoms with Gasteiger partial charge >= 0.3 is 12.0 Å². The summed E-state index contributed by atoms with van der Waals surface area (Å²) in [6, 6.07) is -0.584. The first-order valence-electron chi connectivity index (χ1n) is 6.20. The van der Waals surface area contributed by atoms with Gasteiger partial charge in [0.2, 0.25) is 5.91 Å². The number of allylic oxidation sites excluding steroid dienone is 1. The third kappa shape index (κ3) is 5.89. The fourth-order valence-electron chi connectivity index (χ4n) is 1.96. The fraction of sp³-hybridized carbons (Fsp3) is 0.583. The number of carbonyl (C=O) groups is 3. The number of primary amides is 1. The van der Waals surface area contributed by atoms with E-state index in [1.165, 1.54) is 5.57 Å². The lowest BCUT2D eigenvalue weighted by Crippen LogP contribution is -2.46. The van der Waals surface area contributed by atoms with Crippen molar-refractivity contribution >= 4 is 17.9 Å². The van der Waals surface area contributed by atoms with Gasteiger partial charge < -0.3 is 21.1 Å². The van der Waals surface area contributed by atoms with E-state index in [-0.39, 0.29) is 0 Å². The van der Waals surface area contributed by atoms with Gasteiger partial charge in [0.25, 0.3) is 0 Å². The van der Waals surface area contributed by atoms with E-state index in [0.29, 0.717) is 6.54 Å². The predicted molar refractivity (Wildman–Crippen MR) is 68.4 cm³/mol. The van der Waals surface area contributed by atoms with Crippen molar-refractivity contribution in [3.8, 4) is 0 Å². The van der Waals surface area contributed by atoms with Gasteiger partial charge in [0.1, 0.15) is 13.1 Å². The molecule has 4 N–H and O–H groups in total. The van der Waals surface area contributed by atoms with Crippen LogP contribution >= 0.6 is 0 Å². The largest absolute Gasteiger partial charge is 0.480 e. The maximum atomic E-state index is 11.7. The smallest absolute Gasteiger partial charge is 0.323 e. The first-order valence-corrected chi connectivity index (χ1v) is 6.20. The van der Waals surface area contributed by atoms with Crippen LogP contribution in [0.25, 0.3) is 0 Å². The summed E-state index contributed by atoms with van der Waals surface area (Å²) in [4.78, 5) is 34.0. The Morgan fingerprint density at radius 2 is 2.11 bits per heavy atom. The van der Waals surface area contributed by atoms with Gasteiger partial charge in [-0.1, -0.05) is 11.6 Å². The second kappa shape index (κ2) is 7.40. The van der Waals surface area contributed by atoms with E-state index in [1.54, 1.807) is 0 Å². The highest BCUT2D eigenvalue weighted by Crippen LogP contribution is 2.19. The fourth-order valence-corrected chi connectivity index (χ4v) is 1.96. The zero-order chi connectivity index (χ0) is 14.3. The number of urea groups is 1. The van der Waals surface area contributed by atoms with Crippen molar-refractivity contribution in [3.63, 3.8) is 0 Å². The summed E-state index contributed by atoms with van der Waals surface area (Å²) in [6.45, 7) is -0.516. The van der Waals surface area contributed by atoms with Gasteiger partial charge in [0, 0.05) is 6.54 Å². The molecule has 0 radical (unpaired) electrons. The Bertz CT molecular complexity index is 376. The second-order valence-electron chi connectivity index (χ2n) is 4.45. The molecule has 1 aliphatic carbocycles. The minimum Gasteiger partial charge on any atom is -0.480 e. The summed E-state index contributed by atoms with van der Waals surface area (Å²) in [6.07, 6.45) is 6.19. The quantitative estimate of drug-likeness (QED) is 0.567. The van der Waals surface area contributed by atoms with Crippen LogP contribution in [0.4, 0.5) is 4.79 Å². The number of carbonyl (C=O) groups excluding carboxylic acids is 2. The predicted octanol–water partition coefficient (Wildman–Crippen LogP) is 0.0683. The highest BCUT2D eigenvalue weighted by atomic mass is 16.4. The minimum atomic E-state index is -1.19. The number of carboxylic acid groups (broad SMARTS) is 1. The molecule has 3 amide bonds. The Kier molecular flexibility index (Phi) is 5.84. The molecular weight excluding hydrogens is 250 g/mol. The maximum absolute atomic E-state index is 11.7. The van der Waals surface area contributed by atoms with Gasteiger partial charge in [-0.3, -0.25) is 9.59 Å². The van der Waals surface area contributed by atoms with Crippen LogP contribution in [-0.4, -0.2) is 47.5 Å². The van der Waals surface area contributed by atoms with E-state index in [2.05, 4.69) is 11.4 Å². The number of hydrogen-bond donors (Lipinski definition) is 3. The highest BCUT2D eigenvalue weighted by molar-refractivity contribution is 5.85. The molecule has 1 rings (SSSR count). The second-order valence-corrected chi connectivity index (χ2v) is 4.45. The summed E-state index contributed by atoms with van der Waals surface area (Å²) in [5.41, 5.74) is 6.28. The third-order valence-electron chi connectivity index (χ3n) is 2.82. The molecule has 1 aliphatic rings. The van der Waals surface area contributed by atoms with Gasteiger partial charge in [0.15, 0.2) is 0 Å². The number of carboxylic acids is 1. The van der Waals surface area contributed by atoms with E-state index < -0.39 is 31.0 Å². The van der Waals surface area contributed by atoms with Crippen LogP contribution in [0.1, 0.15) is 25.7 Å². The molecule has 0 aromatic carbocycles. The van der Waals surface area contributed by atoms with E-state index >= 15 is 0 Å². The van der Waals surface area contributed by atoms with E-state index in [0.717, 1.165) is 30.6 Å². The van der Waals surface area contributed by atoms with Gasteiger partial charge in [-0.25, -0.2) is 4.79 Å². The lowest BCUT2D eigenvalue weighted by atomic mass is 10.2. The molecule has 0 atom stereocenters. The van der Waals surface area contributed by atoms with Crippen LogP contribution in [0.15, 0.2) is 11.6 Å². The Morgan fingerprint density at radius 3 is 2.63 bits per heavy atom. The topological polar surface area (TPSA) is 113 Å². The third-order valence-corrected chi connectivity index (χ3v) is 2.82. The van der Waals surface area contributed by atoms with Crippen molar-refractivity contribution in [2.24, 2.45) is 5.73 Å². The Labute approximate surface area is 111 Å². The Morgan fingerprint density at radius 1 is 1.37 bits per heavy atom. The molecule has 106 valence electrons. The molecule has 0 saturated carbocycles. The molecule has 0 aliphatic heterocycles. The summed E-state index contributed by atoms with van der Waals surface area (Å²) in [5, 5.41) is 11.3. The number of aliphatic carboxylic acids is 1. The molecule has 0 spiro atoms. The first-order chi connectivity index (χ1) is 8.99. The molecular formula is C12H19N3O4. The van der Waals surface area contributed by atoms with Crippen molar-refractivity contribution in [2.75, 3.05) is 19.6 Å². The molecule has 0 aromatic rings. The Hall–Kier alpha value is -2.05. The van der Waals surface area contributed by atoms with Crippen LogP contribution in [0, 0.1) is 0 Å². The van der Waals surface area contributed by atoms with Crippen LogP contribution < -0.4 is 11.1 Å². The maximum Gasteiger partial charge on any atom is 0.323 e. The number of amides is 3. The van der Waals surface area contributed by atoms with Crippen LogP contribution in [-0.2, 0) is 9.59 Å². The van der Waals surface area contributed by atoms with E-state index in [9.17, 15) is 14.4 Å². The monoisotopic (exact) mass is 269 g/mol. The summed E-state index contributed by atoms with van der Waals surface area (Å²) < 4.78 is 0. The number of nitrogens with zero attached hydrogens (tertiary/aromatic N) is 1. The van der Waals surface area contributed by atoms with Gasteiger partial charge in [0.05, 0.1) is 0 Å².